The monoisotopic (exact) mass is 689 g/mol. The molecule has 1 aliphatic rings. The Bertz CT molecular complexity index is 3040. The molecule has 0 radical (unpaired) electrons. The molecule has 0 fully saturated rings. The van der Waals surface area contributed by atoms with Crippen molar-refractivity contribution in [2.45, 2.75) is 19.3 Å². The average Bonchev–Trinajstić information content (AvgIpc) is 3.70. The van der Waals surface area contributed by atoms with Crippen LogP contribution in [0.2, 0.25) is 0 Å². The molecule has 8 aromatic carbocycles. The number of aromatic nitrogens is 3. The van der Waals surface area contributed by atoms with Crippen LogP contribution in [-0.4, -0.2) is 14.5 Å². The van der Waals surface area contributed by atoms with E-state index in [0.717, 1.165) is 33.8 Å². The van der Waals surface area contributed by atoms with E-state index in [-0.39, 0.29) is 5.41 Å². The molecule has 0 spiro atoms. The molecule has 3 heteroatoms. The highest BCUT2D eigenvalue weighted by molar-refractivity contribution is 6.21. The van der Waals surface area contributed by atoms with E-state index in [1.54, 1.807) is 0 Å². The Morgan fingerprint density at radius 3 is 1.61 bits per heavy atom. The van der Waals surface area contributed by atoms with Crippen molar-refractivity contribution in [3.8, 4) is 50.7 Å². The molecule has 0 atom stereocenters. The summed E-state index contributed by atoms with van der Waals surface area (Å²) in [7, 11) is 0. The molecule has 0 N–H and O–H groups in total. The van der Waals surface area contributed by atoms with Crippen molar-refractivity contribution in [2.24, 2.45) is 0 Å². The van der Waals surface area contributed by atoms with Crippen molar-refractivity contribution in [2.75, 3.05) is 0 Å². The first-order valence-corrected chi connectivity index (χ1v) is 18.7. The summed E-state index contributed by atoms with van der Waals surface area (Å²) >= 11 is 0. The first-order chi connectivity index (χ1) is 26.6. The van der Waals surface area contributed by atoms with E-state index in [4.69, 9.17) is 9.97 Å². The molecule has 0 aliphatic heterocycles. The normalized spacial score (nSPS) is 13.1. The van der Waals surface area contributed by atoms with Gasteiger partial charge in [-0.2, -0.15) is 0 Å². The van der Waals surface area contributed by atoms with Gasteiger partial charge in [0.05, 0.1) is 22.4 Å². The SMILES string of the molecule is CC1(C)c2c(c3ccccc3c3ccccc23)-c2ccc3c4ccccc4n(-c4ccc(-c5nc(-c6ccccc6)cc(-c6ccccc6)n5)cc4)c3c21. The standard InChI is InChI=1S/C51H35N3/c1-51(2)47-40-23-12-10-20-37(40)36-19-9-11-22-39(36)46(47)42-30-29-41-38-21-13-14-24-45(38)54(49(41)48(42)51)35-27-25-34(26-28-35)50-52-43(32-15-5-3-6-16-32)31-44(53-50)33-17-7-4-8-18-33/h3-31H,1-2H3. The second-order valence-electron chi connectivity index (χ2n) is 14.9. The topological polar surface area (TPSA) is 30.7 Å². The van der Waals surface area contributed by atoms with E-state index in [1.165, 1.54) is 65.6 Å². The van der Waals surface area contributed by atoms with E-state index in [9.17, 15) is 0 Å². The molecule has 11 rings (SSSR count). The van der Waals surface area contributed by atoms with Crippen LogP contribution in [0.3, 0.4) is 0 Å². The molecule has 3 nitrogen and oxygen atoms in total. The second-order valence-corrected chi connectivity index (χ2v) is 14.9. The van der Waals surface area contributed by atoms with Crippen molar-refractivity contribution in [1.82, 2.24) is 14.5 Å². The first-order valence-electron chi connectivity index (χ1n) is 18.7. The van der Waals surface area contributed by atoms with Gasteiger partial charge >= 0.3 is 0 Å². The number of nitrogens with zero attached hydrogens (tertiary/aromatic N) is 3. The van der Waals surface area contributed by atoms with Crippen LogP contribution >= 0.6 is 0 Å². The zero-order valence-corrected chi connectivity index (χ0v) is 30.1. The van der Waals surface area contributed by atoms with Crippen LogP contribution in [0.4, 0.5) is 0 Å². The summed E-state index contributed by atoms with van der Waals surface area (Å²) < 4.78 is 2.49. The van der Waals surface area contributed by atoms with Crippen LogP contribution in [-0.2, 0) is 5.41 Å². The maximum Gasteiger partial charge on any atom is 0.160 e. The van der Waals surface area contributed by atoms with Gasteiger partial charge in [0.2, 0.25) is 0 Å². The molecule has 10 aromatic rings. The van der Waals surface area contributed by atoms with Crippen LogP contribution in [0.5, 0.6) is 0 Å². The molecule has 1 aliphatic carbocycles. The number of rotatable bonds is 4. The number of benzene rings is 8. The Morgan fingerprint density at radius 2 is 0.963 bits per heavy atom. The van der Waals surface area contributed by atoms with Gasteiger partial charge in [-0.3, -0.25) is 0 Å². The molecule has 2 heterocycles. The van der Waals surface area contributed by atoms with Gasteiger partial charge in [0.25, 0.3) is 0 Å². The highest BCUT2D eigenvalue weighted by atomic mass is 15.0. The van der Waals surface area contributed by atoms with Crippen molar-refractivity contribution >= 4 is 43.4 Å². The molecule has 0 saturated heterocycles. The lowest BCUT2D eigenvalue weighted by atomic mass is 9.78. The predicted molar refractivity (Wildman–Crippen MR) is 225 cm³/mol. The summed E-state index contributed by atoms with van der Waals surface area (Å²) in [6.07, 6.45) is 0. The minimum Gasteiger partial charge on any atom is -0.309 e. The summed E-state index contributed by atoms with van der Waals surface area (Å²) in [5.41, 5.74) is 13.7. The van der Waals surface area contributed by atoms with E-state index < -0.39 is 0 Å². The molecule has 0 bridgehead atoms. The first kappa shape index (κ1) is 30.8. The van der Waals surface area contributed by atoms with Crippen molar-refractivity contribution in [3.05, 3.63) is 187 Å². The predicted octanol–water partition coefficient (Wildman–Crippen LogP) is 13.2. The minimum absolute atomic E-state index is 0.251. The molecular weight excluding hydrogens is 655 g/mol. The third kappa shape index (κ3) is 4.42. The molecule has 54 heavy (non-hydrogen) atoms. The highest BCUT2D eigenvalue weighted by Gasteiger charge is 2.41. The zero-order valence-electron chi connectivity index (χ0n) is 30.1. The van der Waals surface area contributed by atoms with Gasteiger partial charge < -0.3 is 4.57 Å². The van der Waals surface area contributed by atoms with E-state index >= 15 is 0 Å². The molecule has 0 saturated carbocycles. The zero-order chi connectivity index (χ0) is 36.0. The fourth-order valence-electron chi connectivity index (χ4n) is 9.21. The lowest BCUT2D eigenvalue weighted by molar-refractivity contribution is 0.670. The molecule has 254 valence electrons. The fourth-order valence-corrected chi connectivity index (χ4v) is 9.21. The Hall–Kier alpha value is -6.84. The quantitative estimate of drug-likeness (QED) is 0.172. The van der Waals surface area contributed by atoms with Crippen LogP contribution in [0, 0.1) is 0 Å². The molecule has 0 amide bonds. The Morgan fingerprint density at radius 1 is 0.426 bits per heavy atom. The molecule has 0 unspecified atom stereocenters. The Balaban J connectivity index is 1.14. The van der Waals surface area contributed by atoms with Crippen LogP contribution in [0.1, 0.15) is 25.0 Å². The van der Waals surface area contributed by atoms with Crippen LogP contribution in [0.25, 0.3) is 94.1 Å². The van der Waals surface area contributed by atoms with Crippen LogP contribution in [0.15, 0.2) is 176 Å². The average molecular weight is 690 g/mol. The second kappa shape index (κ2) is 11.6. The van der Waals surface area contributed by atoms with E-state index in [1.807, 2.05) is 12.1 Å². The van der Waals surface area contributed by atoms with E-state index in [0.29, 0.717) is 5.82 Å². The van der Waals surface area contributed by atoms with Gasteiger partial charge in [0, 0.05) is 38.6 Å². The van der Waals surface area contributed by atoms with Gasteiger partial charge in [-0.05, 0) is 80.2 Å². The van der Waals surface area contributed by atoms with Crippen molar-refractivity contribution in [1.29, 1.82) is 0 Å². The number of hydrogen-bond donors (Lipinski definition) is 0. The smallest absolute Gasteiger partial charge is 0.160 e. The summed E-state index contributed by atoms with van der Waals surface area (Å²) in [6.45, 7) is 4.84. The van der Waals surface area contributed by atoms with Crippen molar-refractivity contribution < 1.29 is 0 Å². The van der Waals surface area contributed by atoms with Gasteiger partial charge in [0.1, 0.15) is 0 Å². The third-order valence-corrected chi connectivity index (χ3v) is 11.5. The molecule has 2 aromatic heterocycles. The highest BCUT2D eigenvalue weighted by Crippen LogP contribution is 2.57. The maximum absolute atomic E-state index is 5.11. The number of para-hydroxylation sites is 1. The Labute approximate surface area is 313 Å². The fraction of sp³-hybridized carbons (Fsp3) is 0.0588. The summed E-state index contributed by atoms with van der Waals surface area (Å²) in [5, 5.41) is 7.80. The maximum atomic E-state index is 5.11. The number of hydrogen-bond acceptors (Lipinski definition) is 2. The third-order valence-electron chi connectivity index (χ3n) is 11.5. The van der Waals surface area contributed by atoms with Crippen molar-refractivity contribution in [3.63, 3.8) is 0 Å². The van der Waals surface area contributed by atoms with Gasteiger partial charge in [-0.15, -0.1) is 0 Å². The summed E-state index contributed by atoms with van der Waals surface area (Å²) in [5.74, 6) is 0.709. The number of fused-ring (bicyclic) bond motifs is 12. The summed E-state index contributed by atoms with van der Waals surface area (Å²) in [6, 6.07) is 63.1. The van der Waals surface area contributed by atoms with Gasteiger partial charge in [0.15, 0.2) is 5.82 Å². The van der Waals surface area contributed by atoms with Gasteiger partial charge in [-0.25, -0.2) is 9.97 Å². The largest absolute Gasteiger partial charge is 0.309 e. The van der Waals surface area contributed by atoms with E-state index in [2.05, 4.69) is 182 Å². The molecular formula is C51H35N3. The minimum atomic E-state index is -0.251. The lowest BCUT2D eigenvalue weighted by Gasteiger charge is -2.25. The van der Waals surface area contributed by atoms with Crippen LogP contribution < -0.4 is 0 Å². The Kier molecular flexibility index (Phi) is 6.60. The lowest BCUT2D eigenvalue weighted by Crippen LogP contribution is -2.17. The van der Waals surface area contributed by atoms with Gasteiger partial charge in [-0.1, -0.05) is 153 Å². The summed E-state index contributed by atoms with van der Waals surface area (Å²) in [4.78, 5) is 10.2.